The zero-order chi connectivity index (χ0) is 30.6. The van der Waals surface area contributed by atoms with Gasteiger partial charge in [-0.1, -0.05) is 34.8 Å². The Hall–Kier alpha value is -2.61. The molecular formula is C26H20Cl3F7N4O2. The van der Waals surface area contributed by atoms with Crippen LogP contribution in [0.2, 0.25) is 15.2 Å². The standard InChI is InChI=1S/C26H20Cl3F7N4O2/c27-19-8-15(24(30,25(31,32)33)26(34,35)36)9-20(28)21(19)40-12-14(11-38-40)13-7-18(22(29)37-10-13)23(41)39(16-1-2-16)5-3-17-4-6-42-17/h7-12,16-17H,1-6H2. The van der Waals surface area contributed by atoms with Gasteiger partial charge in [0.25, 0.3) is 5.91 Å². The smallest absolute Gasteiger partial charge is 0.378 e. The molecule has 226 valence electrons. The second kappa shape index (κ2) is 11.1. The number of alkyl halides is 7. The lowest BCUT2D eigenvalue weighted by Gasteiger charge is -2.30. The Balaban J connectivity index is 1.44. The van der Waals surface area contributed by atoms with Crippen LogP contribution in [0.15, 0.2) is 36.8 Å². The van der Waals surface area contributed by atoms with E-state index in [2.05, 4.69) is 10.1 Å². The highest BCUT2D eigenvalue weighted by molar-refractivity contribution is 6.38. The molecule has 2 aromatic heterocycles. The molecule has 1 aromatic carbocycles. The Labute approximate surface area is 249 Å². The number of ether oxygens (including phenoxy) is 1. The molecule has 1 saturated heterocycles. The largest absolute Gasteiger partial charge is 0.435 e. The van der Waals surface area contributed by atoms with Gasteiger partial charge in [0.05, 0.1) is 27.9 Å². The number of halogens is 10. The molecule has 5 rings (SSSR count). The van der Waals surface area contributed by atoms with Crippen LogP contribution in [-0.4, -0.2) is 63.2 Å². The van der Waals surface area contributed by atoms with Crippen molar-refractivity contribution in [2.45, 2.75) is 55.9 Å². The maximum atomic E-state index is 14.6. The van der Waals surface area contributed by atoms with Gasteiger partial charge in [-0.25, -0.2) is 14.1 Å². The van der Waals surface area contributed by atoms with Crippen LogP contribution in [0.5, 0.6) is 0 Å². The highest BCUT2D eigenvalue weighted by Crippen LogP contribution is 2.54. The predicted octanol–water partition coefficient (Wildman–Crippen LogP) is 7.97. The van der Waals surface area contributed by atoms with Gasteiger partial charge in [-0.05, 0) is 43.9 Å². The van der Waals surface area contributed by atoms with E-state index in [0.29, 0.717) is 30.7 Å². The Morgan fingerprint density at radius 2 is 1.57 bits per heavy atom. The first-order valence-electron chi connectivity index (χ1n) is 12.6. The number of nitrogens with zero attached hydrogens (tertiary/aromatic N) is 4. The third-order valence-corrected chi connectivity index (χ3v) is 8.02. The molecule has 0 bridgehead atoms. The van der Waals surface area contributed by atoms with Crippen molar-refractivity contribution in [3.05, 3.63) is 63.1 Å². The molecule has 0 radical (unpaired) electrons. The molecule has 1 aliphatic carbocycles. The fourth-order valence-electron chi connectivity index (χ4n) is 4.61. The second-order valence-electron chi connectivity index (χ2n) is 9.98. The van der Waals surface area contributed by atoms with Crippen molar-refractivity contribution in [3.63, 3.8) is 0 Å². The van der Waals surface area contributed by atoms with E-state index in [9.17, 15) is 35.5 Å². The Kier molecular flexibility index (Phi) is 8.18. The van der Waals surface area contributed by atoms with Crippen LogP contribution in [-0.2, 0) is 10.4 Å². The van der Waals surface area contributed by atoms with Crippen molar-refractivity contribution in [2.75, 3.05) is 13.2 Å². The fourth-order valence-corrected chi connectivity index (χ4v) is 5.45. The van der Waals surface area contributed by atoms with Gasteiger partial charge >= 0.3 is 18.0 Å². The molecule has 0 spiro atoms. The molecule has 16 heteroatoms. The van der Waals surface area contributed by atoms with Crippen molar-refractivity contribution in [2.24, 2.45) is 0 Å². The molecule has 3 aromatic rings. The predicted molar refractivity (Wildman–Crippen MR) is 140 cm³/mol. The Morgan fingerprint density at radius 1 is 0.952 bits per heavy atom. The Morgan fingerprint density at radius 3 is 2.10 bits per heavy atom. The number of carbonyl (C=O) groups is 1. The SMILES string of the molecule is O=C(c1cc(-c2cnn(-c3c(Cl)cc(C(F)(C(F)(F)F)C(F)(F)F)cc3Cl)c2)cnc1Cl)N(CCC1CCO1)C1CC1. The van der Waals surface area contributed by atoms with E-state index in [1.165, 1.54) is 24.7 Å². The summed E-state index contributed by atoms with van der Waals surface area (Å²) in [5.74, 6) is -0.311. The fraction of sp³-hybridized carbons (Fsp3) is 0.423. The number of rotatable bonds is 8. The summed E-state index contributed by atoms with van der Waals surface area (Å²) in [7, 11) is 0. The van der Waals surface area contributed by atoms with Gasteiger partial charge in [0.15, 0.2) is 0 Å². The zero-order valence-corrected chi connectivity index (χ0v) is 23.5. The summed E-state index contributed by atoms with van der Waals surface area (Å²) in [6, 6.07) is 2.00. The number of aromatic nitrogens is 3. The second-order valence-corrected chi connectivity index (χ2v) is 11.2. The molecule has 1 atom stereocenters. The number of benzene rings is 1. The van der Waals surface area contributed by atoms with Crippen LogP contribution in [0.25, 0.3) is 16.8 Å². The minimum absolute atomic E-state index is 0.0209. The van der Waals surface area contributed by atoms with Crippen molar-refractivity contribution in [3.8, 4) is 16.8 Å². The van der Waals surface area contributed by atoms with Gasteiger partial charge in [-0.2, -0.15) is 31.4 Å². The van der Waals surface area contributed by atoms with E-state index in [0.717, 1.165) is 23.9 Å². The molecule has 0 N–H and O–H groups in total. The molecule has 42 heavy (non-hydrogen) atoms. The summed E-state index contributed by atoms with van der Waals surface area (Å²) in [5, 5.41) is 2.59. The van der Waals surface area contributed by atoms with Gasteiger partial charge in [0.1, 0.15) is 10.8 Å². The van der Waals surface area contributed by atoms with Crippen molar-refractivity contribution >= 4 is 40.7 Å². The molecule has 1 saturated carbocycles. The van der Waals surface area contributed by atoms with E-state index in [1.807, 2.05) is 0 Å². The highest BCUT2D eigenvalue weighted by atomic mass is 35.5. The monoisotopic (exact) mass is 658 g/mol. The molecule has 1 amide bonds. The summed E-state index contributed by atoms with van der Waals surface area (Å²) in [6.07, 6.45) is -5.24. The molecule has 2 fully saturated rings. The molecule has 1 unspecified atom stereocenters. The number of carbonyl (C=O) groups excluding carboxylic acids is 1. The van der Waals surface area contributed by atoms with Gasteiger partial charge in [0.2, 0.25) is 0 Å². The van der Waals surface area contributed by atoms with Crippen LogP contribution in [0.4, 0.5) is 30.7 Å². The van der Waals surface area contributed by atoms with Gasteiger partial charge in [-0.15, -0.1) is 0 Å². The van der Waals surface area contributed by atoms with Crippen molar-refractivity contribution in [1.82, 2.24) is 19.7 Å². The first-order chi connectivity index (χ1) is 19.6. The maximum absolute atomic E-state index is 14.6. The Bertz CT molecular complexity index is 1470. The maximum Gasteiger partial charge on any atom is 0.435 e. The van der Waals surface area contributed by atoms with Crippen molar-refractivity contribution < 1.29 is 40.3 Å². The lowest BCUT2D eigenvalue weighted by Crippen LogP contribution is -2.50. The summed E-state index contributed by atoms with van der Waals surface area (Å²) in [5.41, 5.74) is -6.97. The quantitative estimate of drug-likeness (QED) is 0.182. The van der Waals surface area contributed by atoms with Crippen LogP contribution < -0.4 is 0 Å². The van der Waals surface area contributed by atoms with Crippen LogP contribution >= 0.6 is 34.8 Å². The number of hydrogen-bond donors (Lipinski definition) is 0. The van der Waals surface area contributed by atoms with Crippen molar-refractivity contribution in [1.29, 1.82) is 0 Å². The lowest BCUT2D eigenvalue weighted by atomic mass is 9.94. The average Bonchev–Trinajstić information content (AvgIpc) is 3.59. The van der Waals surface area contributed by atoms with E-state index >= 15 is 0 Å². The molecule has 1 aliphatic heterocycles. The molecule has 6 nitrogen and oxygen atoms in total. The topological polar surface area (TPSA) is 60.2 Å². The molecule has 3 heterocycles. The lowest BCUT2D eigenvalue weighted by molar-refractivity contribution is -0.348. The average molecular weight is 660 g/mol. The summed E-state index contributed by atoms with van der Waals surface area (Å²) in [6.45, 7) is 1.19. The molecule has 2 aliphatic rings. The number of pyridine rings is 1. The van der Waals surface area contributed by atoms with E-state index in [1.54, 1.807) is 4.90 Å². The number of hydrogen-bond acceptors (Lipinski definition) is 4. The van der Waals surface area contributed by atoms with Gasteiger partial charge in [0, 0.05) is 48.3 Å². The minimum atomic E-state index is -6.34. The normalized spacial score (nSPS) is 17.7. The molecular weight excluding hydrogens is 640 g/mol. The van der Waals surface area contributed by atoms with Crippen LogP contribution in [0.3, 0.4) is 0 Å². The van der Waals surface area contributed by atoms with Gasteiger partial charge < -0.3 is 9.64 Å². The number of amides is 1. The highest BCUT2D eigenvalue weighted by Gasteiger charge is 2.73. The van der Waals surface area contributed by atoms with Crippen LogP contribution in [0, 0.1) is 0 Å². The first-order valence-corrected chi connectivity index (χ1v) is 13.7. The van der Waals surface area contributed by atoms with Crippen LogP contribution in [0.1, 0.15) is 41.6 Å². The van der Waals surface area contributed by atoms with E-state index in [4.69, 9.17) is 39.5 Å². The van der Waals surface area contributed by atoms with E-state index in [-0.39, 0.29) is 46.6 Å². The third kappa shape index (κ3) is 5.68. The first kappa shape index (κ1) is 30.8. The summed E-state index contributed by atoms with van der Waals surface area (Å²) in [4.78, 5) is 19.3. The summed E-state index contributed by atoms with van der Waals surface area (Å²) >= 11 is 18.3. The van der Waals surface area contributed by atoms with E-state index < -0.39 is 33.6 Å². The third-order valence-electron chi connectivity index (χ3n) is 7.14. The zero-order valence-electron chi connectivity index (χ0n) is 21.2. The van der Waals surface area contributed by atoms with Gasteiger partial charge in [-0.3, -0.25) is 4.79 Å². The minimum Gasteiger partial charge on any atom is -0.378 e. The summed E-state index contributed by atoms with van der Waals surface area (Å²) < 4.78 is 100.